The Morgan fingerprint density at radius 2 is 1.12 bits per heavy atom. The van der Waals surface area contributed by atoms with E-state index < -0.39 is 0 Å². The van der Waals surface area contributed by atoms with Crippen LogP contribution in [0.1, 0.15) is 79.0 Å². The fourth-order valence-electron chi connectivity index (χ4n) is 5.95. The minimum Gasteiger partial charge on any atom is -0.397 e. The van der Waals surface area contributed by atoms with Gasteiger partial charge in [0, 0.05) is 40.7 Å². The van der Waals surface area contributed by atoms with Crippen LogP contribution in [-0.4, -0.2) is 4.40 Å². The number of nitrogens with two attached hydrogens (primary N) is 1. The Morgan fingerprint density at radius 1 is 0.600 bits per heavy atom. The molecule has 0 amide bonds. The molecular formula is C36H38BrIN2. The van der Waals surface area contributed by atoms with Crippen LogP contribution >= 0.6 is 38.5 Å². The molecular weight excluding hydrogens is 667 g/mol. The Hall–Kier alpha value is -2.31. The zero-order valence-electron chi connectivity index (χ0n) is 25.0. The fraction of sp³-hybridized carbons (Fsp3) is 0.333. The average molecular weight is 706 g/mol. The van der Waals surface area contributed by atoms with Gasteiger partial charge in [-0.05, 0) is 104 Å². The van der Waals surface area contributed by atoms with Gasteiger partial charge in [0.1, 0.15) is 0 Å². The van der Waals surface area contributed by atoms with Crippen molar-refractivity contribution in [1.82, 2.24) is 4.40 Å². The number of hydrogen-bond donors (Lipinski definition) is 1. The minimum absolute atomic E-state index is 0.0265. The number of nitrogens with zero attached hydrogens (tertiary/aromatic N) is 1. The summed E-state index contributed by atoms with van der Waals surface area (Å²) in [4.78, 5) is 0. The van der Waals surface area contributed by atoms with E-state index in [0.29, 0.717) is 0 Å². The van der Waals surface area contributed by atoms with Crippen LogP contribution in [0.2, 0.25) is 0 Å². The molecule has 0 fully saturated rings. The van der Waals surface area contributed by atoms with Crippen LogP contribution in [0.15, 0.2) is 59.1 Å². The summed E-state index contributed by atoms with van der Waals surface area (Å²) in [5, 5.41) is 5.24. The fourth-order valence-corrected chi connectivity index (χ4v) is 7.13. The molecule has 0 saturated heterocycles. The smallest absolute Gasteiger partial charge is 0.0620 e. The summed E-state index contributed by atoms with van der Waals surface area (Å²) in [7, 11) is 0. The maximum absolute atomic E-state index is 6.76. The number of aromatic nitrogens is 1. The molecule has 206 valence electrons. The normalized spacial score (nSPS) is 13.5. The first kappa shape index (κ1) is 27.8. The lowest BCUT2D eigenvalue weighted by atomic mass is 9.84. The molecule has 6 aromatic rings. The first-order valence-electron chi connectivity index (χ1n) is 14.0. The Bertz CT molecular complexity index is 1970. The van der Waals surface area contributed by atoms with Gasteiger partial charge in [-0.25, -0.2) is 0 Å². The number of fused-ring (bicyclic) bond motifs is 6. The van der Waals surface area contributed by atoms with E-state index in [1.807, 2.05) is 0 Å². The summed E-state index contributed by atoms with van der Waals surface area (Å²) in [5.74, 6) is 0. The highest BCUT2D eigenvalue weighted by Crippen LogP contribution is 2.46. The Labute approximate surface area is 259 Å². The third-order valence-corrected chi connectivity index (χ3v) is 10.0. The van der Waals surface area contributed by atoms with Crippen molar-refractivity contribution < 1.29 is 0 Å². The number of anilines is 1. The van der Waals surface area contributed by atoms with Crippen molar-refractivity contribution >= 4 is 82.3 Å². The van der Waals surface area contributed by atoms with Gasteiger partial charge in [0.2, 0.25) is 0 Å². The maximum atomic E-state index is 6.76. The van der Waals surface area contributed by atoms with E-state index in [0.717, 1.165) is 24.9 Å². The first-order valence-corrected chi connectivity index (χ1v) is 15.9. The molecule has 0 saturated carbocycles. The van der Waals surface area contributed by atoms with Crippen molar-refractivity contribution in [2.24, 2.45) is 0 Å². The van der Waals surface area contributed by atoms with Gasteiger partial charge in [-0.2, -0.15) is 0 Å². The predicted octanol–water partition coefficient (Wildman–Crippen LogP) is 11.3. The number of benzene rings is 4. The summed E-state index contributed by atoms with van der Waals surface area (Å²) < 4.78 is 4.65. The lowest BCUT2D eigenvalue weighted by Gasteiger charge is -2.22. The lowest BCUT2D eigenvalue weighted by Crippen LogP contribution is -2.12. The third kappa shape index (κ3) is 4.24. The van der Waals surface area contributed by atoms with E-state index >= 15 is 0 Å². The number of halogens is 2. The molecule has 2 N–H and O–H groups in total. The zero-order chi connectivity index (χ0) is 29.1. The van der Waals surface area contributed by atoms with Gasteiger partial charge in [0.25, 0.3) is 0 Å². The molecule has 0 bridgehead atoms. The summed E-state index contributed by atoms with van der Waals surface area (Å²) in [6, 6.07) is 21.1. The highest BCUT2D eigenvalue weighted by molar-refractivity contribution is 14.1. The van der Waals surface area contributed by atoms with Crippen LogP contribution in [0.3, 0.4) is 0 Å². The molecule has 6 rings (SSSR count). The summed E-state index contributed by atoms with van der Waals surface area (Å²) >= 11 is 6.35. The number of nitrogen functional groups attached to an aromatic ring is 1. The van der Waals surface area contributed by atoms with Crippen molar-refractivity contribution in [1.29, 1.82) is 0 Å². The summed E-state index contributed by atoms with van der Waals surface area (Å²) in [5.41, 5.74) is 17.8. The zero-order valence-corrected chi connectivity index (χ0v) is 28.7. The molecule has 0 aliphatic carbocycles. The van der Waals surface area contributed by atoms with Gasteiger partial charge in [-0.3, -0.25) is 0 Å². The van der Waals surface area contributed by atoms with Gasteiger partial charge in [0.15, 0.2) is 0 Å². The Balaban J connectivity index is 1.78. The standard InChI is InChI=1S/C36H38BrIN2/c1-34(2,3)19-10-11-30-23(12-19)26-14-20(35(4,5)6)15-27-24-17-28(37)22(18-31(24)40(30)33(26)27)25-13-21(36(7,8)9)16-29(38)32(25)39/h10-18H,39H2,1-9H3. The quantitative estimate of drug-likeness (QED) is 0.134. The average Bonchev–Trinajstić information content (AvgIpc) is 3.33. The monoisotopic (exact) mass is 704 g/mol. The van der Waals surface area contributed by atoms with Crippen LogP contribution in [0.5, 0.6) is 0 Å². The van der Waals surface area contributed by atoms with Crippen LogP contribution in [0.25, 0.3) is 49.2 Å². The van der Waals surface area contributed by atoms with Crippen LogP contribution in [0.4, 0.5) is 5.69 Å². The van der Waals surface area contributed by atoms with Crippen molar-refractivity contribution in [3.63, 3.8) is 0 Å². The van der Waals surface area contributed by atoms with Crippen molar-refractivity contribution in [3.05, 3.63) is 79.3 Å². The second-order valence-corrected chi connectivity index (χ2v) is 16.5. The van der Waals surface area contributed by atoms with Crippen molar-refractivity contribution in [2.75, 3.05) is 5.73 Å². The SMILES string of the molecule is CC(C)(C)c1cc(I)c(N)c(-c2cc3c(cc2Br)c2cc(C(C)(C)C)cc4c5cc(C(C)(C)C)ccc5n3c42)c1. The van der Waals surface area contributed by atoms with Gasteiger partial charge in [-0.15, -0.1) is 0 Å². The molecule has 0 radical (unpaired) electrons. The van der Waals surface area contributed by atoms with Gasteiger partial charge >= 0.3 is 0 Å². The second-order valence-electron chi connectivity index (χ2n) is 14.5. The van der Waals surface area contributed by atoms with Crippen molar-refractivity contribution in [3.8, 4) is 11.1 Å². The molecule has 2 nitrogen and oxygen atoms in total. The van der Waals surface area contributed by atoms with Gasteiger partial charge in [-0.1, -0.05) is 84.3 Å². The number of rotatable bonds is 1. The molecule has 2 heterocycles. The first-order chi connectivity index (χ1) is 18.5. The molecule has 4 heteroatoms. The second kappa shape index (κ2) is 8.84. The highest BCUT2D eigenvalue weighted by Gasteiger charge is 2.25. The van der Waals surface area contributed by atoms with E-state index in [1.165, 1.54) is 54.8 Å². The van der Waals surface area contributed by atoms with Crippen molar-refractivity contribution in [2.45, 2.75) is 78.6 Å². The molecule has 40 heavy (non-hydrogen) atoms. The highest BCUT2D eigenvalue weighted by atomic mass is 127. The largest absolute Gasteiger partial charge is 0.397 e. The summed E-state index contributed by atoms with van der Waals surface area (Å²) in [6.45, 7) is 20.6. The van der Waals surface area contributed by atoms with Gasteiger partial charge < -0.3 is 10.1 Å². The van der Waals surface area contributed by atoms with E-state index in [2.05, 4.69) is 160 Å². The van der Waals surface area contributed by atoms with Gasteiger partial charge in [0.05, 0.1) is 22.2 Å². The summed E-state index contributed by atoms with van der Waals surface area (Å²) in [6.07, 6.45) is 0. The predicted molar refractivity (Wildman–Crippen MR) is 187 cm³/mol. The van der Waals surface area contributed by atoms with E-state index in [1.54, 1.807) is 0 Å². The molecule has 2 aromatic heterocycles. The van der Waals surface area contributed by atoms with E-state index in [9.17, 15) is 0 Å². The van der Waals surface area contributed by atoms with E-state index in [4.69, 9.17) is 5.73 Å². The number of hydrogen-bond acceptors (Lipinski definition) is 1. The Kier molecular flexibility index (Phi) is 6.16. The molecule has 0 unspecified atom stereocenters. The molecule has 0 spiro atoms. The maximum Gasteiger partial charge on any atom is 0.0620 e. The Morgan fingerprint density at radius 3 is 1.70 bits per heavy atom. The van der Waals surface area contributed by atoms with E-state index in [-0.39, 0.29) is 16.2 Å². The van der Waals surface area contributed by atoms with Crippen LogP contribution in [0, 0.1) is 3.57 Å². The van der Waals surface area contributed by atoms with Crippen LogP contribution in [-0.2, 0) is 16.2 Å². The molecule has 4 aromatic carbocycles. The topological polar surface area (TPSA) is 30.4 Å². The molecule has 0 aliphatic heterocycles. The van der Waals surface area contributed by atoms with Crippen LogP contribution < -0.4 is 5.73 Å². The molecule has 0 aliphatic rings. The third-order valence-electron chi connectivity index (χ3n) is 8.50. The molecule has 0 atom stereocenters. The minimum atomic E-state index is 0.0265. The lowest BCUT2D eigenvalue weighted by molar-refractivity contribution is 0.590.